The first-order valence-electron chi connectivity index (χ1n) is 7.87. The SMILES string of the molecule is CCCC(CCN)CCC(=O)c1ccc2c(c1)OCCO2. The Bertz CT molecular complexity index is 467. The number of ether oxygens (including phenoxy) is 2. The second kappa shape index (κ2) is 8.03. The van der Waals surface area contributed by atoms with E-state index in [4.69, 9.17) is 15.2 Å². The molecular formula is C17H25NO3. The van der Waals surface area contributed by atoms with Crippen LogP contribution in [0, 0.1) is 5.92 Å². The van der Waals surface area contributed by atoms with Crippen molar-refractivity contribution in [2.45, 2.75) is 39.0 Å². The molecule has 0 aliphatic carbocycles. The summed E-state index contributed by atoms with van der Waals surface area (Å²) >= 11 is 0. The first-order valence-corrected chi connectivity index (χ1v) is 7.87. The van der Waals surface area contributed by atoms with Crippen molar-refractivity contribution in [1.29, 1.82) is 0 Å². The van der Waals surface area contributed by atoms with E-state index in [9.17, 15) is 4.79 Å². The van der Waals surface area contributed by atoms with Crippen molar-refractivity contribution >= 4 is 5.78 Å². The molecule has 1 atom stereocenters. The summed E-state index contributed by atoms with van der Waals surface area (Å²) in [5, 5.41) is 0. The maximum atomic E-state index is 12.3. The highest BCUT2D eigenvalue weighted by atomic mass is 16.6. The van der Waals surface area contributed by atoms with Gasteiger partial charge in [0.2, 0.25) is 0 Å². The van der Waals surface area contributed by atoms with Crippen LogP contribution in [-0.4, -0.2) is 25.5 Å². The van der Waals surface area contributed by atoms with Crippen LogP contribution in [0.4, 0.5) is 0 Å². The maximum absolute atomic E-state index is 12.3. The molecule has 1 unspecified atom stereocenters. The molecule has 21 heavy (non-hydrogen) atoms. The van der Waals surface area contributed by atoms with Gasteiger partial charge in [-0.15, -0.1) is 0 Å². The van der Waals surface area contributed by atoms with E-state index in [1.807, 2.05) is 12.1 Å². The molecule has 116 valence electrons. The van der Waals surface area contributed by atoms with Gasteiger partial charge in [0.25, 0.3) is 0 Å². The van der Waals surface area contributed by atoms with Crippen LogP contribution in [0.25, 0.3) is 0 Å². The number of nitrogens with two attached hydrogens (primary N) is 1. The number of rotatable bonds is 8. The maximum Gasteiger partial charge on any atom is 0.163 e. The molecule has 0 bridgehead atoms. The van der Waals surface area contributed by atoms with Gasteiger partial charge in [-0.1, -0.05) is 19.8 Å². The minimum absolute atomic E-state index is 0.171. The van der Waals surface area contributed by atoms with E-state index in [1.54, 1.807) is 6.07 Å². The molecule has 1 aliphatic heterocycles. The predicted molar refractivity (Wildman–Crippen MR) is 83.1 cm³/mol. The van der Waals surface area contributed by atoms with Gasteiger partial charge in [-0.2, -0.15) is 0 Å². The quantitative estimate of drug-likeness (QED) is 0.747. The number of carbonyl (C=O) groups is 1. The van der Waals surface area contributed by atoms with E-state index in [1.165, 1.54) is 0 Å². The monoisotopic (exact) mass is 291 g/mol. The third kappa shape index (κ3) is 4.46. The molecule has 2 rings (SSSR count). The summed E-state index contributed by atoms with van der Waals surface area (Å²) in [6.07, 6.45) is 4.78. The number of fused-ring (bicyclic) bond motifs is 1. The third-order valence-electron chi connectivity index (χ3n) is 3.92. The summed E-state index contributed by atoms with van der Waals surface area (Å²) in [5.74, 6) is 2.13. The largest absolute Gasteiger partial charge is 0.486 e. The number of Topliss-reactive ketones (excluding diaryl/α,β-unsaturated/α-hetero) is 1. The van der Waals surface area contributed by atoms with Crippen LogP contribution in [0.15, 0.2) is 18.2 Å². The Hall–Kier alpha value is -1.55. The van der Waals surface area contributed by atoms with E-state index in [2.05, 4.69) is 6.92 Å². The summed E-state index contributed by atoms with van der Waals surface area (Å²) in [6, 6.07) is 5.45. The predicted octanol–water partition coefficient (Wildman–Crippen LogP) is 3.19. The zero-order chi connectivity index (χ0) is 15.1. The van der Waals surface area contributed by atoms with Crippen molar-refractivity contribution in [3.63, 3.8) is 0 Å². The normalized spacial score (nSPS) is 14.8. The number of hydrogen-bond donors (Lipinski definition) is 1. The number of benzene rings is 1. The minimum atomic E-state index is 0.171. The second-order valence-electron chi connectivity index (χ2n) is 5.55. The Morgan fingerprint density at radius 1 is 1.19 bits per heavy atom. The topological polar surface area (TPSA) is 61.6 Å². The molecule has 1 aromatic carbocycles. The Kier molecular flexibility index (Phi) is 6.05. The number of hydrogen-bond acceptors (Lipinski definition) is 4. The van der Waals surface area contributed by atoms with E-state index < -0.39 is 0 Å². The van der Waals surface area contributed by atoms with Gasteiger partial charge < -0.3 is 15.2 Å². The average molecular weight is 291 g/mol. The van der Waals surface area contributed by atoms with E-state index in [-0.39, 0.29) is 5.78 Å². The first kappa shape index (κ1) is 15.8. The van der Waals surface area contributed by atoms with Gasteiger partial charge in [-0.05, 0) is 43.5 Å². The van der Waals surface area contributed by atoms with E-state index in [0.29, 0.717) is 43.4 Å². The van der Waals surface area contributed by atoms with Gasteiger partial charge >= 0.3 is 0 Å². The van der Waals surface area contributed by atoms with Gasteiger partial charge in [-0.3, -0.25) is 4.79 Å². The van der Waals surface area contributed by atoms with Gasteiger partial charge in [0.1, 0.15) is 13.2 Å². The fraction of sp³-hybridized carbons (Fsp3) is 0.588. The van der Waals surface area contributed by atoms with Gasteiger partial charge in [0, 0.05) is 12.0 Å². The molecule has 2 N–H and O–H groups in total. The molecule has 4 nitrogen and oxygen atoms in total. The molecule has 1 heterocycles. The Morgan fingerprint density at radius 2 is 1.95 bits per heavy atom. The molecule has 0 radical (unpaired) electrons. The van der Waals surface area contributed by atoms with Crippen molar-refractivity contribution in [2.24, 2.45) is 11.7 Å². The summed E-state index contributed by atoms with van der Waals surface area (Å²) in [4.78, 5) is 12.3. The number of ketones is 1. The Balaban J connectivity index is 1.93. The first-order chi connectivity index (χ1) is 10.2. The molecular weight excluding hydrogens is 266 g/mol. The lowest BCUT2D eigenvalue weighted by Crippen LogP contribution is -2.16. The molecule has 0 spiro atoms. The molecule has 0 amide bonds. The highest BCUT2D eigenvalue weighted by molar-refractivity contribution is 5.96. The fourth-order valence-electron chi connectivity index (χ4n) is 2.77. The summed E-state index contributed by atoms with van der Waals surface area (Å²) < 4.78 is 11.0. The molecule has 4 heteroatoms. The summed E-state index contributed by atoms with van der Waals surface area (Å²) in [5.41, 5.74) is 6.35. The van der Waals surface area contributed by atoms with Crippen molar-refractivity contribution in [1.82, 2.24) is 0 Å². The van der Waals surface area contributed by atoms with Crippen LogP contribution in [-0.2, 0) is 0 Å². The minimum Gasteiger partial charge on any atom is -0.486 e. The van der Waals surface area contributed by atoms with E-state index >= 15 is 0 Å². The molecule has 1 aliphatic rings. The Labute approximate surface area is 126 Å². The molecule has 0 fully saturated rings. The standard InChI is InChI=1S/C17H25NO3/c1-2-3-13(8-9-18)4-6-15(19)14-5-7-16-17(12-14)21-11-10-20-16/h5,7,12-13H,2-4,6,8-11,18H2,1H3. The molecule has 1 aromatic rings. The summed E-state index contributed by atoms with van der Waals surface area (Å²) in [6.45, 7) is 3.98. The van der Waals surface area contributed by atoms with Crippen LogP contribution >= 0.6 is 0 Å². The smallest absolute Gasteiger partial charge is 0.163 e. The van der Waals surface area contributed by atoms with E-state index in [0.717, 1.165) is 31.4 Å². The lowest BCUT2D eigenvalue weighted by Gasteiger charge is -2.19. The summed E-state index contributed by atoms with van der Waals surface area (Å²) in [7, 11) is 0. The lowest BCUT2D eigenvalue weighted by molar-refractivity contribution is 0.0971. The second-order valence-corrected chi connectivity index (χ2v) is 5.55. The molecule has 0 aromatic heterocycles. The van der Waals surface area contributed by atoms with Crippen molar-refractivity contribution in [2.75, 3.05) is 19.8 Å². The van der Waals surface area contributed by atoms with Crippen molar-refractivity contribution < 1.29 is 14.3 Å². The van der Waals surface area contributed by atoms with Gasteiger partial charge in [-0.25, -0.2) is 0 Å². The third-order valence-corrected chi connectivity index (χ3v) is 3.92. The van der Waals surface area contributed by atoms with Crippen LogP contribution in [0.1, 0.15) is 49.4 Å². The van der Waals surface area contributed by atoms with Gasteiger partial charge in [0.05, 0.1) is 0 Å². The van der Waals surface area contributed by atoms with Crippen LogP contribution in [0.5, 0.6) is 11.5 Å². The fourth-order valence-corrected chi connectivity index (χ4v) is 2.77. The molecule has 0 saturated carbocycles. The van der Waals surface area contributed by atoms with Crippen molar-refractivity contribution in [3.8, 4) is 11.5 Å². The van der Waals surface area contributed by atoms with Gasteiger partial charge in [0.15, 0.2) is 17.3 Å². The lowest BCUT2D eigenvalue weighted by atomic mass is 9.92. The Morgan fingerprint density at radius 3 is 2.67 bits per heavy atom. The highest BCUT2D eigenvalue weighted by Crippen LogP contribution is 2.31. The van der Waals surface area contributed by atoms with Crippen molar-refractivity contribution in [3.05, 3.63) is 23.8 Å². The zero-order valence-electron chi connectivity index (χ0n) is 12.8. The van der Waals surface area contributed by atoms with Crippen LogP contribution in [0.3, 0.4) is 0 Å². The van der Waals surface area contributed by atoms with Crippen LogP contribution < -0.4 is 15.2 Å². The van der Waals surface area contributed by atoms with Crippen LogP contribution in [0.2, 0.25) is 0 Å². The molecule has 0 saturated heterocycles. The average Bonchev–Trinajstić information content (AvgIpc) is 2.52. The zero-order valence-corrected chi connectivity index (χ0v) is 12.8. The highest BCUT2D eigenvalue weighted by Gasteiger charge is 2.16. The number of carbonyl (C=O) groups excluding carboxylic acids is 1.